The smallest absolute Gasteiger partial charge is 0.333 e. The number of hydrogen-bond donors (Lipinski definition) is 1. The molecule has 0 radical (unpaired) electrons. The van der Waals surface area contributed by atoms with E-state index in [4.69, 9.17) is 5.73 Å². The lowest BCUT2D eigenvalue weighted by Gasteiger charge is -2.37. The van der Waals surface area contributed by atoms with Crippen LogP contribution in [0.1, 0.15) is 38.9 Å². The molecule has 0 amide bonds. The van der Waals surface area contributed by atoms with E-state index in [-0.39, 0.29) is 16.7 Å². The van der Waals surface area contributed by atoms with Crippen LogP contribution in [-0.4, -0.2) is 34.3 Å². The van der Waals surface area contributed by atoms with Crippen LogP contribution >= 0.6 is 0 Å². The largest absolute Gasteiger partial charge is 0.351 e. The van der Waals surface area contributed by atoms with Crippen molar-refractivity contribution in [2.45, 2.75) is 40.2 Å². The van der Waals surface area contributed by atoms with Gasteiger partial charge in [0, 0.05) is 19.1 Å². The molecule has 1 saturated heterocycles. The highest BCUT2D eigenvalue weighted by Crippen LogP contribution is 2.36. The standard InChI is InChI=1S/C14H25N5O2/c1-9(2)18-14(13(19(20)21)11(4)16-18)17-6-5-10(3)12(7-15)8-17/h9-10,12H,5-8,15H2,1-4H3. The van der Waals surface area contributed by atoms with Crippen molar-refractivity contribution in [1.29, 1.82) is 0 Å². The normalized spacial score (nSPS) is 22.9. The third-order valence-electron chi connectivity index (χ3n) is 4.42. The van der Waals surface area contributed by atoms with E-state index in [2.05, 4.69) is 16.9 Å². The van der Waals surface area contributed by atoms with Crippen LogP contribution in [0.25, 0.3) is 0 Å². The summed E-state index contributed by atoms with van der Waals surface area (Å²) in [6.45, 7) is 10.1. The van der Waals surface area contributed by atoms with Crippen LogP contribution < -0.4 is 10.6 Å². The fourth-order valence-corrected chi connectivity index (χ4v) is 3.04. The van der Waals surface area contributed by atoms with Gasteiger partial charge in [0.05, 0.1) is 4.92 Å². The maximum atomic E-state index is 11.4. The fourth-order valence-electron chi connectivity index (χ4n) is 3.04. The molecule has 2 unspecified atom stereocenters. The number of hydrogen-bond acceptors (Lipinski definition) is 5. The molecule has 1 aliphatic rings. The highest BCUT2D eigenvalue weighted by Gasteiger charge is 2.34. The van der Waals surface area contributed by atoms with Crippen molar-refractivity contribution in [3.05, 3.63) is 15.8 Å². The molecule has 7 heteroatoms. The Morgan fingerprint density at radius 2 is 2.19 bits per heavy atom. The summed E-state index contributed by atoms with van der Waals surface area (Å²) in [7, 11) is 0. The van der Waals surface area contributed by atoms with Gasteiger partial charge in [-0.1, -0.05) is 6.92 Å². The molecule has 1 aromatic heterocycles. The minimum atomic E-state index is -0.313. The van der Waals surface area contributed by atoms with Crippen LogP contribution in [0.2, 0.25) is 0 Å². The fraction of sp³-hybridized carbons (Fsp3) is 0.786. The van der Waals surface area contributed by atoms with Crippen LogP contribution in [0.15, 0.2) is 0 Å². The molecule has 1 fully saturated rings. The zero-order chi connectivity index (χ0) is 15.7. The monoisotopic (exact) mass is 295 g/mol. The average molecular weight is 295 g/mol. The summed E-state index contributed by atoms with van der Waals surface area (Å²) >= 11 is 0. The Bertz CT molecular complexity index is 526. The Hall–Kier alpha value is -1.63. The quantitative estimate of drug-likeness (QED) is 0.678. The summed E-state index contributed by atoms with van der Waals surface area (Å²) in [6.07, 6.45) is 1.00. The van der Waals surface area contributed by atoms with Gasteiger partial charge in [0.25, 0.3) is 0 Å². The maximum absolute atomic E-state index is 11.4. The second-order valence-corrected chi connectivity index (χ2v) is 6.26. The van der Waals surface area contributed by atoms with Gasteiger partial charge >= 0.3 is 5.69 Å². The first kappa shape index (κ1) is 15.8. The molecule has 2 heterocycles. The first-order chi connectivity index (χ1) is 9.86. The summed E-state index contributed by atoms with van der Waals surface area (Å²) < 4.78 is 1.77. The van der Waals surface area contributed by atoms with E-state index in [9.17, 15) is 10.1 Å². The predicted molar refractivity (Wildman–Crippen MR) is 82.5 cm³/mol. The summed E-state index contributed by atoms with van der Waals surface area (Å²) in [5, 5.41) is 15.8. The molecule has 118 valence electrons. The number of nitro groups is 1. The maximum Gasteiger partial charge on any atom is 0.333 e. The van der Waals surface area contributed by atoms with Gasteiger partial charge in [-0.25, -0.2) is 4.68 Å². The lowest BCUT2D eigenvalue weighted by molar-refractivity contribution is -0.384. The first-order valence-corrected chi connectivity index (χ1v) is 7.55. The third kappa shape index (κ3) is 2.88. The molecule has 0 aromatic carbocycles. The summed E-state index contributed by atoms with van der Waals surface area (Å²) in [6, 6.07) is 0.0862. The predicted octanol–water partition coefficient (Wildman–Crippen LogP) is 2.10. The van der Waals surface area contributed by atoms with Crippen molar-refractivity contribution in [3.8, 4) is 0 Å². The van der Waals surface area contributed by atoms with Crippen LogP contribution in [0.4, 0.5) is 11.5 Å². The minimum absolute atomic E-state index is 0.0862. The number of anilines is 1. The molecule has 21 heavy (non-hydrogen) atoms. The molecule has 1 aromatic rings. The van der Waals surface area contributed by atoms with Gasteiger partial charge in [-0.05, 0) is 45.6 Å². The average Bonchev–Trinajstić information content (AvgIpc) is 2.77. The molecule has 0 spiro atoms. The van der Waals surface area contributed by atoms with E-state index < -0.39 is 0 Å². The molecule has 0 saturated carbocycles. The topological polar surface area (TPSA) is 90.2 Å². The van der Waals surface area contributed by atoms with Crippen molar-refractivity contribution < 1.29 is 4.92 Å². The number of nitrogens with zero attached hydrogens (tertiary/aromatic N) is 4. The van der Waals surface area contributed by atoms with Gasteiger partial charge < -0.3 is 10.6 Å². The molecule has 2 atom stereocenters. The van der Waals surface area contributed by atoms with E-state index in [1.54, 1.807) is 11.6 Å². The third-order valence-corrected chi connectivity index (χ3v) is 4.42. The van der Waals surface area contributed by atoms with E-state index in [0.717, 1.165) is 19.5 Å². The van der Waals surface area contributed by atoms with Crippen molar-refractivity contribution in [2.75, 3.05) is 24.5 Å². The van der Waals surface area contributed by atoms with Gasteiger partial charge in [-0.2, -0.15) is 5.10 Å². The van der Waals surface area contributed by atoms with Crippen LogP contribution in [0.5, 0.6) is 0 Å². The SMILES string of the molecule is Cc1nn(C(C)C)c(N2CCC(C)C(CN)C2)c1[N+](=O)[O-]. The van der Waals surface area contributed by atoms with Crippen LogP contribution in [-0.2, 0) is 0 Å². The Labute approximate surface area is 125 Å². The van der Waals surface area contributed by atoms with Crippen LogP contribution in [0.3, 0.4) is 0 Å². The van der Waals surface area contributed by atoms with E-state index in [1.165, 1.54) is 0 Å². The van der Waals surface area contributed by atoms with E-state index in [1.807, 2.05) is 13.8 Å². The van der Waals surface area contributed by atoms with Gasteiger partial charge in [0.15, 0.2) is 0 Å². The minimum Gasteiger partial charge on any atom is -0.351 e. The Morgan fingerprint density at radius 1 is 1.52 bits per heavy atom. The number of aromatic nitrogens is 2. The number of nitrogens with two attached hydrogens (primary N) is 1. The molecule has 0 bridgehead atoms. The molecule has 1 aliphatic heterocycles. The lowest BCUT2D eigenvalue weighted by Crippen LogP contribution is -2.43. The Balaban J connectivity index is 2.44. The molecule has 2 rings (SSSR count). The highest BCUT2D eigenvalue weighted by atomic mass is 16.6. The number of aryl methyl sites for hydroxylation is 1. The van der Waals surface area contributed by atoms with Gasteiger partial charge in [0.2, 0.25) is 5.82 Å². The zero-order valence-corrected chi connectivity index (χ0v) is 13.2. The van der Waals surface area contributed by atoms with E-state index in [0.29, 0.717) is 29.9 Å². The lowest BCUT2D eigenvalue weighted by atomic mass is 9.87. The Morgan fingerprint density at radius 3 is 2.71 bits per heavy atom. The summed E-state index contributed by atoms with van der Waals surface area (Å²) in [5.41, 5.74) is 6.46. The van der Waals surface area contributed by atoms with Crippen molar-refractivity contribution >= 4 is 11.5 Å². The highest BCUT2D eigenvalue weighted by molar-refractivity contribution is 5.62. The first-order valence-electron chi connectivity index (χ1n) is 7.55. The molecule has 0 aliphatic carbocycles. The Kier molecular flexibility index (Phi) is 4.51. The number of rotatable bonds is 4. The molecule has 2 N–H and O–H groups in total. The van der Waals surface area contributed by atoms with E-state index >= 15 is 0 Å². The van der Waals surface area contributed by atoms with Gasteiger partial charge in [-0.15, -0.1) is 0 Å². The summed E-state index contributed by atoms with van der Waals surface area (Å²) in [4.78, 5) is 13.2. The van der Waals surface area contributed by atoms with Crippen LogP contribution in [0, 0.1) is 28.9 Å². The van der Waals surface area contributed by atoms with Crippen molar-refractivity contribution in [1.82, 2.24) is 9.78 Å². The zero-order valence-electron chi connectivity index (χ0n) is 13.2. The second-order valence-electron chi connectivity index (χ2n) is 6.26. The summed E-state index contributed by atoms with van der Waals surface area (Å²) in [5.74, 6) is 1.56. The van der Waals surface area contributed by atoms with Crippen molar-refractivity contribution in [2.24, 2.45) is 17.6 Å². The molecule has 7 nitrogen and oxygen atoms in total. The van der Waals surface area contributed by atoms with Gasteiger partial charge in [0.1, 0.15) is 5.69 Å². The van der Waals surface area contributed by atoms with Crippen molar-refractivity contribution in [3.63, 3.8) is 0 Å². The number of piperidine rings is 1. The molecular weight excluding hydrogens is 270 g/mol. The molecular formula is C14H25N5O2. The van der Waals surface area contributed by atoms with Gasteiger partial charge in [-0.3, -0.25) is 10.1 Å². The second kappa shape index (κ2) is 6.01.